The average molecular weight is 416 g/mol. The summed E-state index contributed by atoms with van der Waals surface area (Å²) in [5.41, 5.74) is 6.39. The maximum atomic E-state index is 13.4. The van der Waals surface area contributed by atoms with Crippen molar-refractivity contribution in [1.82, 2.24) is 9.97 Å². The minimum Gasteiger partial charge on any atom is -0.282 e. The van der Waals surface area contributed by atoms with Gasteiger partial charge in [0.15, 0.2) is 5.13 Å². The van der Waals surface area contributed by atoms with Gasteiger partial charge in [-0.2, -0.15) is 0 Å². The van der Waals surface area contributed by atoms with Crippen molar-refractivity contribution in [2.24, 2.45) is 0 Å². The van der Waals surface area contributed by atoms with Gasteiger partial charge in [-0.3, -0.25) is 14.7 Å². The van der Waals surface area contributed by atoms with Crippen LogP contribution in [-0.2, 0) is 24.2 Å². The molecule has 4 aromatic rings. The highest BCUT2D eigenvalue weighted by atomic mass is 32.1. The van der Waals surface area contributed by atoms with E-state index in [0.29, 0.717) is 13.0 Å². The molecular formula is C25H25N3OS. The fourth-order valence-corrected chi connectivity index (χ4v) is 4.50. The van der Waals surface area contributed by atoms with E-state index in [2.05, 4.69) is 56.1 Å². The second-order valence-corrected chi connectivity index (χ2v) is 8.57. The van der Waals surface area contributed by atoms with Gasteiger partial charge in [0.25, 0.3) is 0 Å². The Hall–Kier alpha value is -3.05. The largest absolute Gasteiger partial charge is 0.282 e. The lowest BCUT2D eigenvalue weighted by molar-refractivity contribution is -0.118. The lowest BCUT2D eigenvalue weighted by Crippen LogP contribution is -2.32. The summed E-state index contributed by atoms with van der Waals surface area (Å²) < 4.78 is 1.11. The molecule has 0 aliphatic heterocycles. The van der Waals surface area contributed by atoms with E-state index in [1.165, 1.54) is 5.56 Å². The van der Waals surface area contributed by atoms with Crippen LogP contribution in [0.5, 0.6) is 0 Å². The number of hydrogen-bond acceptors (Lipinski definition) is 4. The number of anilines is 1. The van der Waals surface area contributed by atoms with Crippen molar-refractivity contribution in [1.29, 1.82) is 0 Å². The molecule has 1 amide bonds. The minimum absolute atomic E-state index is 0.0316. The number of pyridine rings is 1. The average Bonchev–Trinajstić information content (AvgIpc) is 3.18. The first-order chi connectivity index (χ1) is 14.5. The van der Waals surface area contributed by atoms with Crippen LogP contribution in [0.2, 0.25) is 0 Å². The predicted octanol–water partition coefficient (Wildman–Crippen LogP) is 5.65. The summed E-state index contributed by atoms with van der Waals surface area (Å²) in [7, 11) is 0. The van der Waals surface area contributed by atoms with Crippen molar-refractivity contribution in [3.05, 3.63) is 88.7 Å². The number of fused-ring (bicyclic) bond motifs is 1. The van der Waals surface area contributed by atoms with Gasteiger partial charge in [0.05, 0.1) is 28.9 Å². The van der Waals surface area contributed by atoms with Crippen molar-refractivity contribution in [3.8, 4) is 0 Å². The van der Waals surface area contributed by atoms with Crippen LogP contribution in [0.15, 0.2) is 60.8 Å². The highest BCUT2D eigenvalue weighted by Crippen LogP contribution is 2.31. The molecule has 0 unspecified atom stereocenters. The maximum Gasteiger partial charge on any atom is 0.233 e. The first-order valence-electron chi connectivity index (χ1n) is 10.2. The topological polar surface area (TPSA) is 46.1 Å². The third-order valence-electron chi connectivity index (χ3n) is 5.27. The van der Waals surface area contributed by atoms with Crippen LogP contribution < -0.4 is 4.90 Å². The molecule has 2 heterocycles. The smallest absolute Gasteiger partial charge is 0.233 e. The number of benzene rings is 2. The number of rotatable bonds is 6. The van der Waals surface area contributed by atoms with Gasteiger partial charge >= 0.3 is 0 Å². The molecular weight excluding hydrogens is 390 g/mol. The van der Waals surface area contributed by atoms with Gasteiger partial charge in [0.2, 0.25) is 5.91 Å². The van der Waals surface area contributed by atoms with Crippen LogP contribution in [0.25, 0.3) is 10.2 Å². The number of aryl methyl sites for hydroxylation is 3. The van der Waals surface area contributed by atoms with E-state index in [9.17, 15) is 4.79 Å². The molecule has 0 N–H and O–H groups in total. The number of carbonyl (C=O) groups excluding carboxylic acids is 1. The summed E-state index contributed by atoms with van der Waals surface area (Å²) in [6.07, 6.45) is 3.08. The molecule has 2 aromatic heterocycles. The highest BCUT2D eigenvalue weighted by molar-refractivity contribution is 7.22. The molecule has 0 fully saturated rings. The Labute approximate surface area is 181 Å². The number of aromatic nitrogens is 2. The number of hydrogen-bond donors (Lipinski definition) is 0. The van der Waals surface area contributed by atoms with E-state index < -0.39 is 0 Å². The van der Waals surface area contributed by atoms with E-state index in [-0.39, 0.29) is 5.91 Å². The van der Waals surface area contributed by atoms with Crippen molar-refractivity contribution >= 4 is 32.6 Å². The number of amides is 1. The second-order valence-electron chi connectivity index (χ2n) is 7.56. The van der Waals surface area contributed by atoms with Crippen LogP contribution in [0.1, 0.15) is 34.9 Å². The molecule has 2 aromatic carbocycles. The molecule has 152 valence electrons. The van der Waals surface area contributed by atoms with Crippen LogP contribution in [-0.4, -0.2) is 15.9 Å². The zero-order valence-corrected chi connectivity index (χ0v) is 18.4. The third kappa shape index (κ3) is 4.41. The molecule has 0 bridgehead atoms. The molecule has 30 heavy (non-hydrogen) atoms. The summed E-state index contributed by atoms with van der Waals surface area (Å²) in [4.78, 5) is 24.4. The van der Waals surface area contributed by atoms with Gasteiger partial charge in [-0.05, 0) is 61.2 Å². The highest BCUT2D eigenvalue weighted by Gasteiger charge is 2.21. The van der Waals surface area contributed by atoms with Crippen molar-refractivity contribution in [3.63, 3.8) is 0 Å². The Bertz CT molecular complexity index is 1180. The number of nitrogens with zero attached hydrogens (tertiary/aromatic N) is 3. The van der Waals surface area contributed by atoms with E-state index >= 15 is 0 Å². The lowest BCUT2D eigenvalue weighted by atomic mass is 10.0. The summed E-state index contributed by atoms with van der Waals surface area (Å²) in [5.74, 6) is 0.0316. The molecule has 0 saturated heterocycles. The summed E-state index contributed by atoms with van der Waals surface area (Å²) in [5, 5.41) is 0.721. The zero-order chi connectivity index (χ0) is 21.1. The first-order valence-corrected chi connectivity index (χ1v) is 11.0. The normalized spacial score (nSPS) is 11.0. The zero-order valence-electron chi connectivity index (χ0n) is 17.6. The van der Waals surface area contributed by atoms with Gasteiger partial charge < -0.3 is 0 Å². The van der Waals surface area contributed by atoms with Crippen LogP contribution in [0, 0.1) is 13.8 Å². The Morgan fingerprint density at radius 1 is 1.07 bits per heavy atom. The van der Waals surface area contributed by atoms with Crippen molar-refractivity contribution in [2.75, 3.05) is 4.90 Å². The summed E-state index contributed by atoms with van der Waals surface area (Å²) in [6, 6.07) is 18.3. The number of carbonyl (C=O) groups is 1. The van der Waals surface area contributed by atoms with E-state index in [1.807, 2.05) is 24.3 Å². The van der Waals surface area contributed by atoms with Crippen LogP contribution in [0.4, 0.5) is 5.13 Å². The van der Waals surface area contributed by atoms with Crippen molar-refractivity contribution < 1.29 is 4.79 Å². The monoisotopic (exact) mass is 415 g/mol. The molecule has 0 saturated carbocycles. The second kappa shape index (κ2) is 8.76. The van der Waals surface area contributed by atoms with Crippen LogP contribution in [0.3, 0.4) is 0 Å². The molecule has 0 radical (unpaired) electrons. The fourth-order valence-electron chi connectivity index (χ4n) is 3.46. The van der Waals surface area contributed by atoms with E-state index in [4.69, 9.17) is 4.98 Å². The summed E-state index contributed by atoms with van der Waals surface area (Å²) >= 11 is 1.57. The molecule has 5 heteroatoms. The predicted molar refractivity (Wildman–Crippen MR) is 124 cm³/mol. The Kier molecular flexibility index (Phi) is 5.91. The summed E-state index contributed by atoms with van der Waals surface area (Å²) in [6.45, 7) is 6.65. The molecule has 0 aliphatic carbocycles. The van der Waals surface area contributed by atoms with Gasteiger partial charge in [0.1, 0.15) is 0 Å². The number of thiazole rings is 1. The van der Waals surface area contributed by atoms with Crippen molar-refractivity contribution in [2.45, 2.75) is 40.2 Å². The molecule has 0 atom stereocenters. The molecule has 4 rings (SSSR count). The van der Waals surface area contributed by atoms with E-state index in [0.717, 1.165) is 44.2 Å². The van der Waals surface area contributed by atoms with Gasteiger partial charge in [-0.1, -0.05) is 54.2 Å². The SMILES string of the molecule is CCc1ccc2nc(N(Cc3ccccn3)C(=O)Cc3cc(C)ccc3C)sc2c1. The van der Waals surface area contributed by atoms with E-state index in [1.54, 1.807) is 22.4 Å². The lowest BCUT2D eigenvalue weighted by Gasteiger charge is -2.20. The van der Waals surface area contributed by atoms with Gasteiger partial charge in [-0.25, -0.2) is 4.98 Å². The van der Waals surface area contributed by atoms with Gasteiger partial charge in [0, 0.05) is 6.20 Å². The molecule has 0 aliphatic rings. The quantitative estimate of drug-likeness (QED) is 0.409. The van der Waals surface area contributed by atoms with Crippen LogP contribution >= 0.6 is 11.3 Å². The Balaban J connectivity index is 1.70. The standard InChI is InChI=1S/C25H25N3OS/c1-4-19-10-11-22-23(14-19)30-25(27-22)28(16-21-7-5-6-12-26-21)24(29)15-20-13-17(2)8-9-18(20)3/h5-14H,4,15-16H2,1-3H3. The Morgan fingerprint density at radius 2 is 1.93 bits per heavy atom. The Morgan fingerprint density at radius 3 is 2.70 bits per heavy atom. The fraction of sp³-hybridized carbons (Fsp3) is 0.240. The minimum atomic E-state index is 0.0316. The third-order valence-corrected chi connectivity index (χ3v) is 6.32. The molecule has 4 nitrogen and oxygen atoms in total. The molecule has 0 spiro atoms. The van der Waals surface area contributed by atoms with Gasteiger partial charge in [-0.15, -0.1) is 0 Å². The maximum absolute atomic E-state index is 13.4. The first kappa shape index (κ1) is 20.2.